The van der Waals surface area contributed by atoms with Crippen molar-refractivity contribution >= 4 is 21.8 Å². The second-order valence-electron chi connectivity index (χ2n) is 4.44. The van der Waals surface area contributed by atoms with Crippen molar-refractivity contribution in [3.05, 3.63) is 29.1 Å². The van der Waals surface area contributed by atoms with Crippen LogP contribution in [0, 0.1) is 13.8 Å². The van der Waals surface area contributed by atoms with Crippen LogP contribution in [0.3, 0.4) is 0 Å². The predicted molar refractivity (Wildman–Crippen MR) is 78.3 cm³/mol. The Morgan fingerprint density at radius 3 is 2.61 bits per heavy atom. The van der Waals surface area contributed by atoms with E-state index in [1.807, 2.05) is 26.0 Å². The predicted octanol–water partition coefficient (Wildman–Crippen LogP) is 3.38. The highest BCUT2D eigenvalue weighted by Gasteiger charge is 2.08. The molecule has 100 valence electrons. The molecule has 3 nitrogen and oxygen atoms in total. The van der Waals surface area contributed by atoms with Gasteiger partial charge < -0.3 is 5.32 Å². The van der Waals surface area contributed by atoms with Crippen molar-refractivity contribution in [1.82, 2.24) is 10.3 Å². The molecule has 1 heterocycles. The number of carbonyl (C=O) groups excluding carboxylic acids is 1. The van der Waals surface area contributed by atoms with Gasteiger partial charge in [0.1, 0.15) is 0 Å². The molecule has 1 rings (SSSR count). The maximum absolute atomic E-state index is 11.9. The van der Waals surface area contributed by atoms with Crippen molar-refractivity contribution in [2.24, 2.45) is 0 Å². The molecule has 0 aliphatic carbocycles. The van der Waals surface area contributed by atoms with Crippen LogP contribution in [0.2, 0.25) is 0 Å². The van der Waals surface area contributed by atoms with Gasteiger partial charge in [0.05, 0.1) is 11.3 Å². The van der Waals surface area contributed by atoms with Crippen LogP contribution in [0.1, 0.15) is 47.4 Å². The topological polar surface area (TPSA) is 42.0 Å². The van der Waals surface area contributed by atoms with Gasteiger partial charge in [-0.25, -0.2) is 0 Å². The first-order valence-electron chi connectivity index (χ1n) is 6.43. The molecule has 0 bridgehead atoms. The number of nitrogens with zero attached hydrogens (tertiary/aromatic N) is 1. The quantitative estimate of drug-likeness (QED) is 0.619. The highest BCUT2D eigenvalue weighted by molar-refractivity contribution is 9.09. The third-order valence-electron chi connectivity index (χ3n) is 2.82. The van der Waals surface area contributed by atoms with Crippen molar-refractivity contribution in [2.75, 3.05) is 11.9 Å². The van der Waals surface area contributed by atoms with E-state index in [-0.39, 0.29) is 5.91 Å². The van der Waals surface area contributed by atoms with Crippen LogP contribution < -0.4 is 5.32 Å². The summed E-state index contributed by atoms with van der Waals surface area (Å²) in [5, 5.41) is 4.01. The number of amides is 1. The van der Waals surface area contributed by atoms with Crippen LogP contribution in [-0.4, -0.2) is 22.8 Å². The lowest BCUT2D eigenvalue weighted by atomic mass is 10.1. The zero-order valence-corrected chi connectivity index (χ0v) is 12.7. The molecule has 18 heavy (non-hydrogen) atoms. The Morgan fingerprint density at radius 1 is 1.22 bits per heavy atom. The number of carbonyl (C=O) groups is 1. The number of alkyl halides is 1. The molecule has 1 N–H and O–H groups in total. The summed E-state index contributed by atoms with van der Waals surface area (Å²) in [6.45, 7) is 4.55. The van der Waals surface area contributed by atoms with E-state index in [2.05, 4.69) is 26.2 Å². The number of rotatable bonds is 7. The normalized spacial score (nSPS) is 10.4. The van der Waals surface area contributed by atoms with Crippen LogP contribution in [-0.2, 0) is 0 Å². The molecule has 0 atom stereocenters. The van der Waals surface area contributed by atoms with E-state index in [0.717, 1.165) is 36.1 Å². The van der Waals surface area contributed by atoms with E-state index < -0.39 is 0 Å². The minimum absolute atomic E-state index is 0.0134. The number of aryl methyl sites for hydroxylation is 2. The zero-order valence-electron chi connectivity index (χ0n) is 11.1. The van der Waals surface area contributed by atoms with Crippen molar-refractivity contribution in [3.63, 3.8) is 0 Å². The Hall–Kier alpha value is -0.900. The maximum atomic E-state index is 11.9. The minimum atomic E-state index is -0.0134. The number of pyridine rings is 1. The molecule has 1 aromatic rings. The summed E-state index contributed by atoms with van der Waals surface area (Å²) in [5.41, 5.74) is 2.42. The van der Waals surface area contributed by atoms with Crippen molar-refractivity contribution in [2.45, 2.75) is 39.5 Å². The van der Waals surface area contributed by atoms with E-state index in [0.29, 0.717) is 5.56 Å². The van der Waals surface area contributed by atoms with Crippen LogP contribution in [0.4, 0.5) is 0 Å². The van der Waals surface area contributed by atoms with Crippen LogP contribution in [0.15, 0.2) is 12.1 Å². The minimum Gasteiger partial charge on any atom is -0.352 e. The summed E-state index contributed by atoms with van der Waals surface area (Å²) < 4.78 is 0. The Balaban J connectivity index is 2.32. The average molecular weight is 313 g/mol. The largest absolute Gasteiger partial charge is 0.352 e. The van der Waals surface area contributed by atoms with Gasteiger partial charge in [-0.05, 0) is 38.8 Å². The fourth-order valence-corrected chi connectivity index (χ4v) is 2.19. The summed E-state index contributed by atoms with van der Waals surface area (Å²) in [4.78, 5) is 16.2. The van der Waals surface area contributed by atoms with Gasteiger partial charge in [-0.3, -0.25) is 9.78 Å². The highest BCUT2D eigenvalue weighted by atomic mass is 79.9. The van der Waals surface area contributed by atoms with Crippen LogP contribution in [0.5, 0.6) is 0 Å². The van der Waals surface area contributed by atoms with Gasteiger partial charge in [0.2, 0.25) is 0 Å². The number of halogens is 1. The van der Waals surface area contributed by atoms with Gasteiger partial charge in [-0.15, -0.1) is 0 Å². The summed E-state index contributed by atoms with van der Waals surface area (Å²) in [6, 6.07) is 3.72. The van der Waals surface area contributed by atoms with Crippen LogP contribution >= 0.6 is 15.9 Å². The SMILES string of the molecule is Cc1ccc(C(=O)NCCCCCCBr)c(C)n1. The monoisotopic (exact) mass is 312 g/mol. The first kappa shape index (κ1) is 15.2. The molecule has 1 aromatic heterocycles. The van der Waals surface area contributed by atoms with Crippen molar-refractivity contribution in [3.8, 4) is 0 Å². The molecular weight excluding hydrogens is 292 g/mol. The van der Waals surface area contributed by atoms with Gasteiger partial charge in [0.25, 0.3) is 5.91 Å². The fourth-order valence-electron chi connectivity index (χ4n) is 1.80. The number of aromatic nitrogens is 1. The number of nitrogens with one attached hydrogen (secondary N) is 1. The van der Waals surface area contributed by atoms with Gasteiger partial charge in [0, 0.05) is 17.6 Å². The molecule has 0 radical (unpaired) electrons. The van der Waals surface area contributed by atoms with Gasteiger partial charge >= 0.3 is 0 Å². The number of hydrogen-bond donors (Lipinski definition) is 1. The molecular formula is C14H21BrN2O. The molecule has 0 aromatic carbocycles. The number of hydrogen-bond acceptors (Lipinski definition) is 2. The molecule has 0 unspecified atom stereocenters. The molecule has 0 aliphatic rings. The van der Waals surface area contributed by atoms with Gasteiger partial charge in [-0.2, -0.15) is 0 Å². The summed E-state index contributed by atoms with van der Waals surface area (Å²) >= 11 is 3.41. The molecule has 0 fully saturated rings. The van der Waals surface area contributed by atoms with E-state index >= 15 is 0 Å². The Morgan fingerprint density at radius 2 is 1.94 bits per heavy atom. The first-order chi connectivity index (χ1) is 8.65. The molecule has 0 aliphatic heterocycles. The Labute approximate surface area is 118 Å². The van der Waals surface area contributed by atoms with E-state index in [1.165, 1.54) is 12.8 Å². The summed E-state index contributed by atoms with van der Waals surface area (Å²) in [6.07, 6.45) is 4.62. The standard InChI is InChI=1S/C14H21BrN2O/c1-11-7-8-13(12(2)17-11)14(18)16-10-6-4-3-5-9-15/h7-8H,3-6,9-10H2,1-2H3,(H,16,18). The zero-order chi connectivity index (χ0) is 13.4. The Kier molecular flexibility index (Phi) is 6.94. The molecule has 0 spiro atoms. The second-order valence-corrected chi connectivity index (χ2v) is 5.24. The second kappa shape index (κ2) is 8.25. The lowest BCUT2D eigenvalue weighted by Gasteiger charge is -2.07. The third-order valence-corrected chi connectivity index (χ3v) is 3.38. The average Bonchev–Trinajstić information content (AvgIpc) is 2.33. The van der Waals surface area contributed by atoms with Crippen molar-refractivity contribution < 1.29 is 4.79 Å². The van der Waals surface area contributed by atoms with Crippen molar-refractivity contribution in [1.29, 1.82) is 0 Å². The van der Waals surface area contributed by atoms with Gasteiger partial charge in [0.15, 0.2) is 0 Å². The lowest BCUT2D eigenvalue weighted by Crippen LogP contribution is -2.25. The summed E-state index contributed by atoms with van der Waals surface area (Å²) in [7, 11) is 0. The smallest absolute Gasteiger partial charge is 0.253 e. The highest BCUT2D eigenvalue weighted by Crippen LogP contribution is 2.06. The maximum Gasteiger partial charge on any atom is 0.253 e. The Bertz CT molecular complexity index is 393. The van der Waals surface area contributed by atoms with E-state index in [1.54, 1.807) is 0 Å². The molecule has 1 amide bonds. The molecule has 4 heteroatoms. The lowest BCUT2D eigenvalue weighted by molar-refractivity contribution is 0.0952. The number of unbranched alkanes of at least 4 members (excludes halogenated alkanes) is 3. The van der Waals surface area contributed by atoms with E-state index in [4.69, 9.17) is 0 Å². The fraction of sp³-hybridized carbons (Fsp3) is 0.571. The first-order valence-corrected chi connectivity index (χ1v) is 7.55. The third kappa shape index (κ3) is 5.17. The van der Waals surface area contributed by atoms with E-state index in [9.17, 15) is 4.79 Å². The molecule has 0 saturated heterocycles. The summed E-state index contributed by atoms with van der Waals surface area (Å²) in [5.74, 6) is -0.0134. The molecule has 0 saturated carbocycles. The van der Waals surface area contributed by atoms with Gasteiger partial charge in [-0.1, -0.05) is 28.8 Å². The van der Waals surface area contributed by atoms with Crippen LogP contribution in [0.25, 0.3) is 0 Å².